The molecule has 1 heterocycles. The molecule has 0 aromatic carbocycles. The van der Waals surface area contributed by atoms with Crippen LogP contribution in [0, 0.1) is 0 Å². The Kier molecular flexibility index (Phi) is 4.52. The molecule has 1 atom stereocenters. The molecule has 0 bridgehead atoms. The Balaban J connectivity index is 2.62. The van der Waals surface area contributed by atoms with E-state index in [4.69, 9.17) is 22.4 Å². The predicted octanol–water partition coefficient (Wildman–Crippen LogP) is 0.818. The zero-order valence-corrected chi connectivity index (χ0v) is 9.66. The van der Waals surface area contributed by atoms with Crippen molar-refractivity contribution >= 4 is 23.2 Å². The first-order chi connectivity index (χ1) is 7.50. The summed E-state index contributed by atoms with van der Waals surface area (Å²) >= 11 is 5.66. The van der Waals surface area contributed by atoms with Crippen LogP contribution in [0.25, 0.3) is 0 Å². The average molecular weight is 244 g/mol. The topological polar surface area (TPSA) is 88.2 Å². The van der Waals surface area contributed by atoms with E-state index >= 15 is 0 Å². The van der Waals surface area contributed by atoms with E-state index in [0.29, 0.717) is 18.5 Å². The molecule has 0 spiro atoms. The summed E-state index contributed by atoms with van der Waals surface area (Å²) in [5.74, 6) is -0.317. The lowest BCUT2D eigenvalue weighted by atomic mass is 10.2. The highest BCUT2D eigenvalue weighted by Crippen LogP contribution is 2.14. The molecule has 0 aliphatic rings. The van der Waals surface area contributed by atoms with Gasteiger partial charge < -0.3 is 16.2 Å². The minimum atomic E-state index is -0.446. The van der Waals surface area contributed by atoms with Gasteiger partial charge in [-0.15, -0.1) is 0 Å². The summed E-state index contributed by atoms with van der Waals surface area (Å²) in [6.45, 7) is 2.04. The van der Waals surface area contributed by atoms with Crippen LogP contribution in [0.3, 0.4) is 0 Å². The Morgan fingerprint density at radius 2 is 2.44 bits per heavy atom. The third kappa shape index (κ3) is 3.67. The van der Waals surface area contributed by atoms with Gasteiger partial charge >= 0.3 is 0 Å². The van der Waals surface area contributed by atoms with Crippen LogP contribution in [-0.4, -0.2) is 28.6 Å². The van der Waals surface area contributed by atoms with Crippen molar-refractivity contribution in [1.29, 1.82) is 0 Å². The van der Waals surface area contributed by atoms with Gasteiger partial charge in [0.25, 0.3) is 5.91 Å². The van der Waals surface area contributed by atoms with Gasteiger partial charge in [-0.25, -0.2) is 4.98 Å². The number of halogens is 1. The molecule has 4 N–H and O–H groups in total. The zero-order chi connectivity index (χ0) is 12.1. The lowest BCUT2D eigenvalue weighted by Crippen LogP contribution is -2.27. The van der Waals surface area contributed by atoms with Crippen molar-refractivity contribution in [2.75, 3.05) is 12.3 Å². The van der Waals surface area contributed by atoms with Gasteiger partial charge in [-0.3, -0.25) is 4.79 Å². The molecule has 1 amide bonds. The lowest BCUT2D eigenvalue weighted by molar-refractivity contribution is 0.0946. The number of carbonyl (C=O) groups excluding carboxylic acids is 1. The molecule has 88 valence electrons. The van der Waals surface area contributed by atoms with Gasteiger partial charge in [0.15, 0.2) is 0 Å². The van der Waals surface area contributed by atoms with Gasteiger partial charge in [-0.05, 0) is 19.4 Å². The number of nitrogen functional groups attached to an aromatic ring is 1. The van der Waals surface area contributed by atoms with Crippen molar-refractivity contribution in [2.45, 2.75) is 19.4 Å². The van der Waals surface area contributed by atoms with Crippen LogP contribution in [0.2, 0.25) is 5.15 Å². The number of rotatable bonds is 4. The lowest BCUT2D eigenvalue weighted by Gasteiger charge is -2.08. The van der Waals surface area contributed by atoms with E-state index < -0.39 is 6.10 Å². The van der Waals surface area contributed by atoms with Crippen LogP contribution in [0.15, 0.2) is 12.3 Å². The highest BCUT2D eigenvalue weighted by Gasteiger charge is 2.10. The van der Waals surface area contributed by atoms with Crippen molar-refractivity contribution in [3.8, 4) is 0 Å². The minimum Gasteiger partial charge on any atom is -0.397 e. The van der Waals surface area contributed by atoms with E-state index in [2.05, 4.69) is 10.3 Å². The average Bonchev–Trinajstić information content (AvgIpc) is 2.21. The smallest absolute Gasteiger partial charge is 0.253 e. The molecule has 0 aliphatic heterocycles. The molecule has 5 nitrogen and oxygen atoms in total. The summed E-state index contributed by atoms with van der Waals surface area (Å²) < 4.78 is 0. The maximum absolute atomic E-state index is 11.6. The Morgan fingerprint density at radius 3 is 3.06 bits per heavy atom. The second-order valence-electron chi connectivity index (χ2n) is 3.49. The molecule has 0 saturated heterocycles. The van der Waals surface area contributed by atoms with E-state index in [9.17, 15) is 4.79 Å². The van der Waals surface area contributed by atoms with Gasteiger partial charge in [0.05, 0.1) is 23.6 Å². The number of aliphatic hydroxyl groups excluding tert-OH is 1. The molecule has 1 rings (SSSR count). The third-order valence-corrected chi connectivity index (χ3v) is 2.20. The van der Waals surface area contributed by atoms with Gasteiger partial charge in [-0.2, -0.15) is 0 Å². The Morgan fingerprint density at radius 1 is 1.75 bits per heavy atom. The maximum Gasteiger partial charge on any atom is 0.253 e. The number of hydrogen-bond acceptors (Lipinski definition) is 4. The number of nitrogens with zero attached hydrogens (tertiary/aromatic N) is 1. The van der Waals surface area contributed by atoms with Crippen LogP contribution in [-0.2, 0) is 0 Å². The van der Waals surface area contributed by atoms with Crippen LogP contribution >= 0.6 is 11.6 Å². The van der Waals surface area contributed by atoms with E-state index in [1.807, 2.05) is 0 Å². The molecule has 6 heteroatoms. The number of carbonyl (C=O) groups is 1. The zero-order valence-electron chi connectivity index (χ0n) is 8.90. The molecular formula is C10H14ClN3O2. The quantitative estimate of drug-likeness (QED) is 0.683. The van der Waals surface area contributed by atoms with Gasteiger partial charge in [0.2, 0.25) is 0 Å². The first-order valence-corrected chi connectivity index (χ1v) is 5.25. The van der Waals surface area contributed by atoms with Crippen molar-refractivity contribution in [1.82, 2.24) is 10.3 Å². The van der Waals surface area contributed by atoms with Crippen LogP contribution in [0.1, 0.15) is 23.7 Å². The number of amides is 1. The fourth-order valence-corrected chi connectivity index (χ4v) is 1.28. The Hall–Kier alpha value is -1.33. The number of aliphatic hydroxyl groups is 1. The van der Waals surface area contributed by atoms with Crippen molar-refractivity contribution < 1.29 is 9.90 Å². The van der Waals surface area contributed by atoms with Gasteiger partial charge in [-0.1, -0.05) is 11.6 Å². The van der Waals surface area contributed by atoms with Crippen molar-refractivity contribution in [3.63, 3.8) is 0 Å². The third-order valence-electron chi connectivity index (χ3n) is 1.99. The van der Waals surface area contributed by atoms with Crippen molar-refractivity contribution in [3.05, 3.63) is 23.0 Å². The maximum atomic E-state index is 11.6. The largest absolute Gasteiger partial charge is 0.397 e. The monoisotopic (exact) mass is 243 g/mol. The molecule has 1 aromatic rings. The second kappa shape index (κ2) is 5.67. The molecule has 16 heavy (non-hydrogen) atoms. The first kappa shape index (κ1) is 12.7. The highest BCUT2D eigenvalue weighted by atomic mass is 35.5. The van der Waals surface area contributed by atoms with Gasteiger partial charge in [0.1, 0.15) is 5.15 Å². The number of anilines is 1. The fraction of sp³-hybridized carbons (Fsp3) is 0.400. The standard InChI is InChI=1S/C10H14ClN3O2/c1-6(15)2-3-13-10(16)7-4-9(11)14-5-8(7)12/h4-6,15H,2-3,12H2,1H3,(H,13,16). The summed E-state index contributed by atoms with van der Waals surface area (Å²) in [5, 5.41) is 11.9. The second-order valence-corrected chi connectivity index (χ2v) is 3.88. The minimum absolute atomic E-state index is 0.217. The highest BCUT2D eigenvalue weighted by molar-refractivity contribution is 6.29. The van der Waals surface area contributed by atoms with Gasteiger partial charge in [0, 0.05) is 6.54 Å². The molecule has 0 fully saturated rings. The fourth-order valence-electron chi connectivity index (χ4n) is 1.13. The van der Waals surface area contributed by atoms with Crippen LogP contribution < -0.4 is 11.1 Å². The van der Waals surface area contributed by atoms with Crippen molar-refractivity contribution in [2.24, 2.45) is 0 Å². The summed E-state index contributed by atoms with van der Waals surface area (Å²) in [7, 11) is 0. The number of hydrogen-bond donors (Lipinski definition) is 3. The predicted molar refractivity (Wildman–Crippen MR) is 62.3 cm³/mol. The normalized spacial score (nSPS) is 12.2. The molecule has 0 radical (unpaired) electrons. The number of nitrogens with two attached hydrogens (primary N) is 1. The Labute approximate surface area is 98.6 Å². The SMILES string of the molecule is CC(O)CCNC(=O)c1cc(Cl)ncc1N. The Bertz CT molecular complexity index is 382. The number of pyridine rings is 1. The van der Waals surface area contributed by atoms with E-state index in [-0.39, 0.29) is 16.7 Å². The first-order valence-electron chi connectivity index (χ1n) is 4.88. The summed E-state index contributed by atoms with van der Waals surface area (Å²) in [4.78, 5) is 15.4. The molecule has 1 unspecified atom stereocenters. The van der Waals surface area contributed by atoms with E-state index in [1.54, 1.807) is 6.92 Å². The summed E-state index contributed by atoms with van der Waals surface area (Å²) in [6.07, 6.45) is 1.38. The molecular weight excluding hydrogens is 230 g/mol. The van der Waals surface area contributed by atoms with Crippen LogP contribution in [0.4, 0.5) is 5.69 Å². The molecule has 1 aromatic heterocycles. The van der Waals surface area contributed by atoms with Crippen LogP contribution in [0.5, 0.6) is 0 Å². The summed E-state index contributed by atoms with van der Waals surface area (Å²) in [5.41, 5.74) is 6.16. The summed E-state index contributed by atoms with van der Waals surface area (Å²) in [6, 6.07) is 1.41. The molecule has 0 saturated carbocycles. The number of aromatic nitrogens is 1. The number of nitrogens with one attached hydrogen (secondary N) is 1. The molecule has 0 aliphatic carbocycles. The van der Waals surface area contributed by atoms with E-state index in [0.717, 1.165) is 0 Å². The van der Waals surface area contributed by atoms with E-state index in [1.165, 1.54) is 12.3 Å².